The van der Waals surface area contributed by atoms with E-state index >= 15 is 0 Å². The molecule has 0 aromatic heterocycles. The van der Waals surface area contributed by atoms with E-state index in [-0.39, 0.29) is 5.78 Å². The van der Waals surface area contributed by atoms with Crippen molar-refractivity contribution in [2.45, 2.75) is 26.3 Å². The number of aryl methyl sites for hydroxylation is 1. The molecular weight excluding hydrogens is 344 g/mol. The molecule has 0 fully saturated rings. The molecule has 0 saturated carbocycles. The summed E-state index contributed by atoms with van der Waals surface area (Å²) in [5, 5.41) is 2.65. The third-order valence-electron chi connectivity index (χ3n) is 5.18. The predicted octanol–water partition coefficient (Wildman–Crippen LogP) is 4.57. The lowest BCUT2D eigenvalue weighted by Crippen LogP contribution is -2.54. The smallest absolute Gasteiger partial charge is 0.158 e. The van der Waals surface area contributed by atoms with Crippen molar-refractivity contribution in [2.75, 3.05) is 0 Å². The minimum Gasteiger partial charge on any atom is -0.295 e. The first-order valence-corrected chi connectivity index (χ1v) is 12.0. The highest BCUT2D eigenvalue weighted by Gasteiger charge is 2.30. The van der Waals surface area contributed by atoms with Gasteiger partial charge in [0.25, 0.3) is 0 Å². The summed E-state index contributed by atoms with van der Waals surface area (Å²) in [7, 11) is -2.12. The Morgan fingerprint density at radius 1 is 0.778 bits per heavy atom. The van der Waals surface area contributed by atoms with Gasteiger partial charge in [0.1, 0.15) is 8.07 Å². The Kier molecular flexibility index (Phi) is 6.20. The lowest BCUT2D eigenvalue weighted by molar-refractivity contribution is -0.115. The summed E-state index contributed by atoms with van der Waals surface area (Å²) < 4.78 is 0. The molecule has 0 atom stereocenters. The normalized spacial score (nSPS) is 12.0. The van der Waals surface area contributed by atoms with Gasteiger partial charge in [-0.2, -0.15) is 0 Å². The summed E-state index contributed by atoms with van der Waals surface area (Å²) >= 11 is 0. The Bertz CT molecular complexity index is 859. The van der Waals surface area contributed by atoms with Crippen LogP contribution in [0.5, 0.6) is 0 Å². The fraction of sp³-hybridized carbons (Fsp3) is 0.160. The van der Waals surface area contributed by atoms with Gasteiger partial charge in [-0.05, 0) is 24.5 Å². The number of Topliss-reactive ketones (excluding diaryl/α,β-unsaturated/α-hetero) is 1. The van der Waals surface area contributed by atoms with Crippen molar-refractivity contribution in [1.29, 1.82) is 0 Å². The highest BCUT2D eigenvalue weighted by atomic mass is 28.3. The van der Waals surface area contributed by atoms with Gasteiger partial charge in [0.05, 0.1) is 0 Å². The maximum atomic E-state index is 12.8. The van der Waals surface area contributed by atoms with Crippen LogP contribution in [0.25, 0.3) is 0 Å². The van der Waals surface area contributed by atoms with Crippen molar-refractivity contribution in [1.82, 2.24) is 0 Å². The van der Waals surface area contributed by atoms with Gasteiger partial charge in [-0.3, -0.25) is 4.79 Å². The molecule has 0 aliphatic rings. The van der Waals surface area contributed by atoms with Gasteiger partial charge in [0.2, 0.25) is 0 Å². The van der Waals surface area contributed by atoms with Crippen LogP contribution in [0.2, 0.25) is 6.55 Å². The van der Waals surface area contributed by atoms with Crippen molar-refractivity contribution in [3.8, 4) is 0 Å². The molecule has 3 aromatic carbocycles. The Morgan fingerprint density at radius 3 is 1.70 bits per heavy atom. The summed E-state index contributed by atoms with van der Waals surface area (Å²) in [6.45, 7) is 4.30. The number of carbonyl (C=O) groups is 1. The maximum absolute atomic E-state index is 12.8. The van der Waals surface area contributed by atoms with Crippen molar-refractivity contribution in [2.24, 2.45) is 0 Å². The molecule has 27 heavy (non-hydrogen) atoms. The van der Waals surface area contributed by atoms with Crippen LogP contribution >= 0.6 is 0 Å². The fourth-order valence-electron chi connectivity index (χ4n) is 3.52. The SMILES string of the molecule is C/C(=C\[Si](C)(c1ccccc1)c1ccccc1)C(=O)CCc1ccccc1. The summed E-state index contributed by atoms with van der Waals surface area (Å²) in [4.78, 5) is 12.8. The lowest BCUT2D eigenvalue weighted by Gasteiger charge is -2.26. The average Bonchev–Trinajstić information content (AvgIpc) is 2.74. The first-order chi connectivity index (χ1) is 13.1. The summed E-state index contributed by atoms with van der Waals surface area (Å²) in [5.41, 5.74) is 4.36. The van der Waals surface area contributed by atoms with Crippen molar-refractivity contribution in [3.63, 3.8) is 0 Å². The second kappa shape index (κ2) is 8.78. The number of allylic oxidation sites excluding steroid dienone is 1. The Morgan fingerprint density at radius 2 is 1.22 bits per heavy atom. The van der Waals surface area contributed by atoms with E-state index in [1.807, 2.05) is 37.3 Å². The van der Waals surface area contributed by atoms with Crippen LogP contribution in [0.1, 0.15) is 18.9 Å². The topological polar surface area (TPSA) is 17.1 Å². The number of rotatable bonds is 7. The molecule has 136 valence electrons. The van der Waals surface area contributed by atoms with E-state index in [2.05, 4.69) is 72.9 Å². The molecule has 3 aromatic rings. The molecule has 0 radical (unpaired) electrons. The molecule has 0 amide bonds. The van der Waals surface area contributed by atoms with Crippen LogP contribution in [0.4, 0.5) is 0 Å². The Labute approximate surface area is 163 Å². The second-order valence-electron chi connectivity index (χ2n) is 7.17. The van der Waals surface area contributed by atoms with Crippen LogP contribution in [0, 0.1) is 0 Å². The lowest BCUT2D eigenvalue weighted by atomic mass is 10.0. The molecule has 0 bridgehead atoms. The summed E-state index contributed by atoms with van der Waals surface area (Å²) in [6.07, 6.45) is 1.35. The van der Waals surface area contributed by atoms with Crippen LogP contribution in [-0.2, 0) is 11.2 Å². The molecule has 0 aliphatic carbocycles. The number of ketones is 1. The highest BCUT2D eigenvalue weighted by molar-refractivity contribution is 7.05. The Hall–Kier alpha value is -2.71. The summed E-state index contributed by atoms with van der Waals surface area (Å²) in [5.74, 6) is 0.240. The molecule has 0 unspecified atom stereocenters. The molecule has 1 nitrogen and oxygen atoms in total. The fourth-order valence-corrected chi connectivity index (χ4v) is 6.98. The molecule has 0 heterocycles. The molecule has 0 saturated heterocycles. The van der Waals surface area contributed by atoms with Crippen LogP contribution < -0.4 is 10.4 Å². The van der Waals surface area contributed by atoms with E-state index in [9.17, 15) is 4.79 Å². The number of hydrogen-bond donors (Lipinski definition) is 0. The van der Waals surface area contributed by atoms with E-state index in [0.29, 0.717) is 6.42 Å². The zero-order chi connectivity index (χ0) is 19.1. The van der Waals surface area contributed by atoms with Gasteiger partial charge in [0.15, 0.2) is 5.78 Å². The van der Waals surface area contributed by atoms with Gasteiger partial charge in [-0.15, -0.1) is 0 Å². The van der Waals surface area contributed by atoms with E-state index in [0.717, 1.165) is 12.0 Å². The van der Waals surface area contributed by atoms with Gasteiger partial charge < -0.3 is 0 Å². The maximum Gasteiger partial charge on any atom is 0.158 e. The predicted molar refractivity (Wildman–Crippen MR) is 117 cm³/mol. The number of hydrogen-bond acceptors (Lipinski definition) is 1. The minimum absolute atomic E-state index is 0.240. The Balaban J connectivity index is 1.87. The second-order valence-corrected chi connectivity index (χ2v) is 11.0. The molecule has 0 N–H and O–H groups in total. The molecular formula is C25H26OSi. The summed E-state index contributed by atoms with van der Waals surface area (Å²) in [6, 6.07) is 31.4. The standard InChI is InChI=1S/C25H26OSi/c1-21(25(26)19-18-22-12-6-3-7-13-22)20-27(2,23-14-8-4-9-15-23)24-16-10-5-11-17-24/h3-17,20H,18-19H2,1-2H3/b21-20+. The van der Waals surface area contributed by atoms with Crippen LogP contribution in [-0.4, -0.2) is 13.9 Å². The van der Waals surface area contributed by atoms with Crippen molar-refractivity contribution in [3.05, 3.63) is 108 Å². The number of benzene rings is 3. The van der Waals surface area contributed by atoms with E-state index in [4.69, 9.17) is 0 Å². The monoisotopic (exact) mass is 370 g/mol. The van der Waals surface area contributed by atoms with Crippen molar-refractivity contribution < 1.29 is 4.79 Å². The quantitative estimate of drug-likeness (QED) is 0.440. The number of carbonyl (C=O) groups excluding carboxylic acids is 1. The first-order valence-electron chi connectivity index (χ1n) is 9.47. The zero-order valence-corrected chi connectivity index (χ0v) is 17.1. The minimum atomic E-state index is -2.12. The van der Waals surface area contributed by atoms with E-state index in [1.54, 1.807) is 0 Å². The molecule has 3 rings (SSSR count). The molecule has 2 heteroatoms. The molecule has 0 aliphatic heterocycles. The highest BCUT2D eigenvalue weighted by Crippen LogP contribution is 2.13. The van der Waals surface area contributed by atoms with Gasteiger partial charge >= 0.3 is 0 Å². The first kappa shape index (κ1) is 19.1. The van der Waals surface area contributed by atoms with E-state index < -0.39 is 8.07 Å². The van der Waals surface area contributed by atoms with Crippen LogP contribution in [0.15, 0.2) is 102 Å². The largest absolute Gasteiger partial charge is 0.295 e. The van der Waals surface area contributed by atoms with Crippen molar-refractivity contribution >= 4 is 24.2 Å². The van der Waals surface area contributed by atoms with Gasteiger partial charge in [-0.1, -0.05) is 114 Å². The van der Waals surface area contributed by atoms with E-state index in [1.165, 1.54) is 15.9 Å². The third kappa shape index (κ3) is 4.72. The average molecular weight is 371 g/mol. The van der Waals surface area contributed by atoms with Crippen LogP contribution in [0.3, 0.4) is 0 Å². The zero-order valence-electron chi connectivity index (χ0n) is 16.1. The van der Waals surface area contributed by atoms with Gasteiger partial charge in [-0.25, -0.2) is 0 Å². The molecule has 0 spiro atoms. The third-order valence-corrected chi connectivity index (χ3v) is 9.25. The van der Waals surface area contributed by atoms with Gasteiger partial charge in [0, 0.05) is 6.42 Å².